The highest BCUT2D eigenvalue weighted by Crippen LogP contribution is 2.27. The van der Waals surface area contributed by atoms with E-state index in [0.29, 0.717) is 19.8 Å². The maximum Gasteiger partial charge on any atom is 0.200 e. The molecule has 0 unspecified atom stereocenters. The van der Waals surface area contributed by atoms with Crippen LogP contribution in [0.4, 0.5) is 0 Å². The molecule has 0 saturated heterocycles. The molecule has 0 radical (unpaired) electrons. The minimum Gasteiger partial charge on any atom is -0.494 e. The molecule has 0 aromatic carbocycles. The second kappa shape index (κ2) is 2.04. The average Bonchev–Trinajstić information content (AvgIpc) is 2.38. The number of thiophene rings is 1. The lowest BCUT2D eigenvalue weighted by molar-refractivity contribution is 0.429. The van der Waals surface area contributed by atoms with Gasteiger partial charge in [0.1, 0.15) is 0 Å². The smallest absolute Gasteiger partial charge is 0.200 e. The molecule has 0 spiro atoms. The maximum absolute atomic E-state index is 9.31. The molecular formula is C8H7NO2S. The summed E-state index contributed by atoms with van der Waals surface area (Å²) in [7, 11) is 0. The van der Waals surface area contributed by atoms with E-state index in [1.54, 1.807) is 0 Å². The summed E-state index contributed by atoms with van der Waals surface area (Å²) in [5.74, 6) is -0.0858. The van der Waals surface area contributed by atoms with E-state index < -0.39 is 0 Å². The predicted molar refractivity (Wildman–Crippen MR) is 49.8 cm³/mol. The number of nitrogens with one attached hydrogen (secondary N) is 1. The molecular weight excluding hydrogens is 174 g/mol. The van der Waals surface area contributed by atoms with Crippen molar-refractivity contribution in [3.8, 4) is 11.8 Å². The minimum absolute atomic E-state index is 0.0429. The third-order valence-electron chi connectivity index (χ3n) is 1.76. The Morgan fingerprint density at radius 1 is 1.00 bits per heavy atom. The first kappa shape index (κ1) is 7.24. The number of aromatic hydroxyl groups is 2. The van der Waals surface area contributed by atoms with E-state index in [0.717, 1.165) is 0 Å². The van der Waals surface area contributed by atoms with Crippen LogP contribution >= 0.6 is 11.3 Å². The fourth-order valence-electron chi connectivity index (χ4n) is 1.27. The molecule has 0 aliphatic rings. The third kappa shape index (κ3) is 0.698. The Balaban J connectivity index is 3.23. The monoisotopic (exact) mass is 181 g/mol. The van der Waals surface area contributed by atoms with Crippen molar-refractivity contribution in [3.63, 3.8) is 0 Å². The Morgan fingerprint density at radius 2 is 1.42 bits per heavy atom. The van der Waals surface area contributed by atoms with Crippen LogP contribution in [-0.2, 0) is 0 Å². The molecule has 2 aromatic heterocycles. The lowest BCUT2D eigenvalue weighted by Crippen LogP contribution is -1.88. The van der Waals surface area contributed by atoms with Crippen LogP contribution in [0.25, 0.3) is 23.9 Å². The summed E-state index contributed by atoms with van der Waals surface area (Å²) in [6.45, 7) is 7.46. The zero-order valence-corrected chi connectivity index (χ0v) is 7.03. The van der Waals surface area contributed by atoms with Gasteiger partial charge in [-0.25, -0.2) is 0 Å². The van der Waals surface area contributed by atoms with Crippen molar-refractivity contribution in [2.45, 2.75) is 0 Å². The fourth-order valence-corrected chi connectivity index (χ4v) is 2.17. The summed E-state index contributed by atoms with van der Waals surface area (Å²) in [6.07, 6.45) is 0. The lowest BCUT2D eigenvalue weighted by Gasteiger charge is -1.81. The van der Waals surface area contributed by atoms with E-state index in [9.17, 15) is 10.2 Å². The Hall–Kier alpha value is -1.42. The molecule has 0 aliphatic carbocycles. The number of rotatable bonds is 0. The minimum atomic E-state index is -0.0429. The van der Waals surface area contributed by atoms with Crippen LogP contribution in [-0.4, -0.2) is 15.2 Å². The van der Waals surface area contributed by atoms with Crippen molar-refractivity contribution in [3.05, 3.63) is 9.06 Å². The number of aromatic amines is 1. The van der Waals surface area contributed by atoms with Crippen molar-refractivity contribution < 1.29 is 10.2 Å². The molecule has 0 aliphatic heterocycles. The van der Waals surface area contributed by atoms with Gasteiger partial charge in [-0.15, -0.1) is 11.3 Å². The standard InChI is InChI=1S/C8H7NO2S/c1-3-5-6(4(2)12-3)8(11)9-7(5)10/h9-11H,1-2H2. The fraction of sp³-hybridized carbons (Fsp3) is 0. The Labute approximate surface area is 71.9 Å². The van der Waals surface area contributed by atoms with Crippen molar-refractivity contribution in [1.29, 1.82) is 0 Å². The number of H-pyrrole nitrogens is 1. The summed E-state index contributed by atoms with van der Waals surface area (Å²) in [5.41, 5.74) is 0. The SMILES string of the molecule is C=c1sc(=C)c2c(O)[nH]c(O)c12. The third-order valence-corrected chi connectivity index (χ3v) is 2.67. The van der Waals surface area contributed by atoms with Gasteiger partial charge in [0.25, 0.3) is 0 Å². The highest BCUT2D eigenvalue weighted by molar-refractivity contribution is 7.09. The van der Waals surface area contributed by atoms with E-state index in [4.69, 9.17) is 0 Å². The second-order valence-electron chi connectivity index (χ2n) is 2.52. The zero-order valence-electron chi connectivity index (χ0n) is 6.22. The van der Waals surface area contributed by atoms with Crippen molar-refractivity contribution in [2.24, 2.45) is 0 Å². The highest BCUT2D eigenvalue weighted by atomic mass is 32.1. The van der Waals surface area contributed by atoms with Gasteiger partial charge in [-0.3, -0.25) is 4.98 Å². The van der Waals surface area contributed by atoms with Crippen LogP contribution in [0, 0.1) is 0 Å². The van der Waals surface area contributed by atoms with Crippen LogP contribution in [0.5, 0.6) is 11.8 Å². The van der Waals surface area contributed by atoms with Gasteiger partial charge in [0.2, 0.25) is 11.8 Å². The van der Waals surface area contributed by atoms with Gasteiger partial charge in [-0.1, -0.05) is 13.2 Å². The van der Waals surface area contributed by atoms with Gasteiger partial charge in [0, 0.05) is 9.06 Å². The van der Waals surface area contributed by atoms with E-state index in [2.05, 4.69) is 18.1 Å². The zero-order chi connectivity index (χ0) is 8.88. The highest BCUT2D eigenvalue weighted by Gasteiger charge is 2.11. The predicted octanol–water partition coefficient (Wildman–Crippen LogP) is 0.461. The summed E-state index contributed by atoms with van der Waals surface area (Å²) in [4.78, 5) is 2.41. The summed E-state index contributed by atoms with van der Waals surface area (Å²) >= 11 is 1.36. The molecule has 0 amide bonds. The molecule has 0 saturated carbocycles. The molecule has 12 heavy (non-hydrogen) atoms. The molecule has 0 fully saturated rings. The summed E-state index contributed by atoms with van der Waals surface area (Å²) in [6, 6.07) is 0. The van der Waals surface area contributed by atoms with Gasteiger partial charge >= 0.3 is 0 Å². The van der Waals surface area contributed by atoms with Gasteiger partial charge in [0.15, 0.2) is 0 Å². The molecule has 2 aromatic rings. The van der Waals surface area contributed by atoms with Gasteiger partial charge in [-0.2, -0.15) is 0 Å². The first-order chi connectivity index (χ1) is 5.61. The molecule has 4 heteroatoms. The maximum atomic E-state index is 9.31. The molecule has 2 rings (SSSR count). The number of fused-ring (bicyclic) bond motifs is 1. The summed E-state index contributed by atoms with van der Waals surface area (Å²) < 4.78 is 1.42. The van der Waals surface area contributed by atoms with Crippen LogP contribution in [0.2, 0.25) is 0 Å². The van der Waals surface area contributed by atoms with Crippen molar-refractivity contribution in [2.75, 3.05) is 0 Å². The topological polar surface area (TPSA) is 56.2 Å². The van der Waals surface area contributed by atoms with Crippen molar-refractivity contribution >= 4 is 35.3 Å². The molecule has 3 N–H and O–H groups in total. The van der Waals surface area contributed by atoms with E-state index in [1.165, 1.54) is 11.3 Å². The number of hydrogen-bond acceptors (Lipinski definition) is 3. The van der Waals surface area contributed by atoms with Gasteiger partial charge in [-0.05, 0) is 0 Å². The van der Waals surface area contributed by atoms with Crippen LogP contribution in [0.1, 0.15) is 0 Å². The van der Waals surface area contributed by atoms with Crippen LogP contribution in [0.15, 0.2) is 0 Å². The Morgan fingerprint density at radius 3 is 1.83 bits per heavy atom. The van der Waals surface area contributed by atoms with Crippen LogP contribution < -0.4 is 9.06 Å². The van der Waals surface area contributed by atoms with Gasteiger partial charge in [0.05, 0.1) is 10.8 Å². The van der Waals surface area contributed by atoms with Gasteiger partial charge < -0.3 is 10.2 Å². The van der Waals surface area contributed by atoms with Crippen LogP contribution in [0.3, 0.4) is 0 Å². The number of aromatic nitrogens is 1. The number of hydrogen-bond donors (Lipinski definition) is 3. The van der Waals surface area contributed by atoms with E-state index in [-0.39, 0.29) is 11.8 Å². The molecule has 3 nitrogen and oxygen atoms in total. The quantitative estimate of drug-likeness (QED) is 0.553. The Kier molecular flexibility index (Phi) is 1.23. The second-order valence-corrected chi connectivity index (χ2v) is 3.71. The lowest BCUT2D eigenvalue weighted by atomic mass is 10.3. The Bertz CT molecular complexity index is 492. The molecule has 62 valence electrons. The normalized spacial score (nSPS) is 11.0. The first-order valence-electron chi connectivity index (χ1n) is 3.31. The average molecular weight is 181 g/mol. The largest absolute Gasteiger partial charge is 0.494 e. The molecule has 0 bridgehead atoms. The first-order valence-corrected chi connectivity index (χ1v) is 4.13. The molecule has 0 atom stereocenters. The van der Waals surface area contributed by atoms with E-state index in [1.807, 2.05) is 0 Å². The summed E-state index contributed by atoms with van der Waals surface area (Å²) in [5, 5.41) is 19.8. The van der Waals surface area contributed by atoms with E-state index >= 15 is 0 Å². The van der Waals surface area contributed by atoms with Crippen molar-refractivity contribution in [1.82, 2.24) is 4.98 Å². The molecule has 2 heterocycles.